The average Bonchev–Trinajstić information content (AvgIpc) is 2.84. The van der Waals surface area contributed by atoms with Crippen molar-refractivity contribution in [2.45, 2.75) is 13.5 Å². The first-order chi connectivity index (χ1) is 15.6. The van der Waals surface area contributed by atoms with Gasteiger partial charge in [-0.2, -0.15) is 0 Å². The molecule has 4 aromatic rings. The molecule has 6 nitrogen and oxygen atoms in total. The molecular formula is C26H23N3O3. The van der Waals surface area contributed by atoms with Crippen LogP contribution in [0.2, 0.25) is 0 Å². The molecule has 0 spiro atoms. The molecule has 0 radical (unpaired) electrons. The highest BCUT2D eigenvalue weighted by molar-refractivity contribution is 5.95. The Hall–Kier alpha value is -4.19. The number of benzene rings is 3. The molecule has 3 aromatic carbocycles. The molecule has 0 aliphatic carbocycles. The van der Waals surface area contributed by atoms with Gasteiger partial charge in [-0.05, 0) is 42.3 Å². The molecule has 1 amide bonds. The molecule has 0 bridgehead atoms. The van der Waals surface area contributed by atoms with Gasteiger partial charge < -0.3 is 14.8 Å². The van der Waals surface area contributed by atoms with Crippen molar-refractivity contribution in [2.24, 2.45) is 0 Å². The summed E-state index contributed by atoms with van der Waals surface area (Å²) in [5.41, 5.74) is 4.46. The van der Waals surface area contributed by atoms with Gasteiger partial charge >= 0.3 is 6.01 Å². The second-order valence-corrected chi connectivity index (χ2v) is 7.28. The summed E-state index contributed by atoms with van der Waals surface area (Å²) in [5.74, 6) is 1.15. The molecule has 0 unspecified atom stereocenters. The molecule has 0 saturated heterocycles. The summed E-state index contributed by atoms with van der Waals surface area (Å²) >= 11 is 0. The number of carbonyl (C=O) groups excluding carboxylic acids is 1. The van der Waals surface area contributed by atoms with Gasteiger partial charge in [0.05, 0.1) is 7.11 Å². The van der Waals surface area contributed by atoms with Crippen molar-refractivity contribution >= 4 is 5.91 Å². The normalized spacial score (nSPS) is 10.4. The lowest BCUT2D eigenvalue weighted by Crippen LogP contribution is -2.22. The molecule has 160 valence electrons. The Balaban J connectivity index is 1.43. The number of aryl methyl sites for hydroxylation is 1. The number of hydrogen-bond acceptors (Lipinski definition) is 5. The fraction of sp³-hybridized carbons (Fsp3) is 0.115. The summed E-state index contributed by atoms with van der Waals surface area (Å²) in [4.78, 5) is 21.2. The van der Waals surface area contributed by atoms with Crippen molar-refractivity contribution in [2.75, 3.05) is 7.11 Å². The third-order valence-electron chi connectivity index (χ3n) is 4.91. The molecule has 0 atom stereocenters. The van der Waals surface area contributed by atoms with Gasteiger partial charge in [-0.25, -0.2) is 9.97 Å². The lowest BCUT2D eigenvalue weighted by atomic mass is 10.1. The Bertz CT molecular complexity index is 1210. The predicted octanol–water partition coefficient (Wildman–Crippen LogP) is 5.18. The fourth-order valence-electron chi connectivity index (χ4n) is 3.12. The van der Waals surface area contributed by atoms with Gasteiger partial charge in [0.25, 0.3) is 5.91 Å². The maximum Gasteiger partial charge on any atom is 0.321 e. The first kappa shape index (κ1) is 21.1. The zero-order valence-electron chi connectivity index (χ0n) is 17.9. The van der Waals surface area contributed by atoms with Gasteiger partial charge in [-0.1, -0.05) is 48.0 Å². The lowest BCUT2D eigenvalue weighted by Gasteiger charge is -2.08. The lowest BCUT2D eigenvalue weighted by molar-refractivity contribution is 0.0951. The van der Waals surface area contributed by atoms with Crippen LogP contribution in [0.4, 0.5) is 0 Å². The van der Waals surface area contributed by atoms with Crippen LogP contribution >= 0.6 is 0 Å². The molecule has 0 aliphatic heterocycles. The van der Waals surface area contributed by atoms with E-state index in [0.29, 0.717) is 23.6 Å². The average molecular weight is 425 g/mol. The number of hydrogen-bond donors (Lipinski definition) is 1. The highest BCUT2D eigenvalue weighted by Gasteiger charge is 2.09. The number of carbonyl (C=O) groups is 1. The number of rotatable bonds is 7. The first-order valence-electron chi connectivity index (χ1n) is 10.2. The second-order valence-electron chi connectivity index (χ2n) is 7.28. The first-order valence-corrected chi connectivity index (χ1v) is 10.2. The molecule has 1 N–H and O–H groups in total. The van der Waals surface area contributed by atoms with E-state index in [1.54, 1.807) is 37.7 Å². The number of amides is 1. The van der Waals surface area contributed by atoms with Gasteiger partial charge in [0.1, 0.15) is 11.5 Å². The Morgan fingerprint density at radius 3 is 2.34 bits per heavy atom. The van der Waals surface area contributed by atoms with E-state index in [1.165, 1.54) is 5.56 Å². The third kappa shape index (κ3) is 5.29. The summed E-state index contributed by atoms with van der Waals surface area (Å²) < 4.78 is 10.9. The van der Waals surface area contributed by atoms with E-state index >= 15 is 0 Å². The Morgan fingerprint density at radius 2 is 1.59 bits per heavy atom. The standard InChI is InChI=1S/C26H23N3O3/c1-18-9-11-19(12-10-18)15-27-25(30)21-6-3-5-20(13-21)22-16-28-26(29-17-22)32-24-8-4-7-23(14-24)31-2/h3-14,16-17H,15H2,1-2H3,(H,27,30). The topological polar surface area (TPSA) is 73.3 Å². The maximum atomic E-state index is 12.6. The predicted molar refractivity (Wildman–Crippen MR) is 123 cm³/mol. The zero-order valence-corrected chi connectivity index (χ0v) is 17.9. The van der Waals surface area contributed by atoms with Crippen molar-refractivity contribution in [1.82, 2.24) is 15.3 Å². The van der Waals surface area contributed by atoms with E-state index in [0.717, 1.165) is 16.7 Å². The van der Waals surface area contributed by atoms with Gasteiger partial charge in [0, 0.05) is 36.1 Å². The van der Waals surface area contributed by atoms with Crippen molar-refractivity contribution in [3.05, 3.63) is 102 Å². The minimum absolute atomic E-state index is 0.133. The van der Waals surface area contributed by atoms with E-state index in [9.17, 15) is 4.79 Å². The highest BCUT2D eigenvalue weighted by Crippen LogP contribution is 2.24. The van der Waals surface area contributed by atoms with Crippen molar-refractivity contribution in [3.8, 4) is 28.6 Å². The van der Waals surface area contributed by atoms with Crippen LogP contribution in [0.25, 0.3) is 11.1 Å². The fourth-order valence-corrected chi connectivity index (χ4v) is 3.12. The molecule has 32 heavy (non-hydrogen) atoms. The van der Waals surface area contributed by atoms with Crippen molar-refractivity contribution in [3.63, 3.8) is 0 Å². The van der Waals surface area contributed by atoms with Crippen LogP contribution in [0.15, 0.2) is 85.2 Å². The summed E-state index contributed by atoms with van der Waals surface area (Å²) in [6.07, 6.45) is 3.34. The molecule has 0 saturated carbocycles. The highest BCUT2D eigenvalue weighted by atomic mass is 16.5. The SMILES string of the molecule is COc1cccc(Oc2ncc(-c3cccc(C(=O)NCc4ccc(C)cc4)c3)cn2)c1. The molecule has 4 rings (SSSR count). The summed E-state index contributed by atoms with van der Waals surface area (Å²) in [6, 6.07) is 22.9. The Morgan fingerprint density at radius 1 is 0.875 bits per heavy atom. The zero-order chi connectivity index (χ0) is 22.3. The van der Waals surface area contributed by atoms with E-state index in [-0.39, 0.29) is 11.9 Å². The number of methoxy groups -OCH3 is 1. The largest absolute Gasteiger partial charge is 0.497 e. The minimum atomic E-state index is -0.133. The molecule has 1 heterocycles. The van der Waals surface area contributed by atoms with Crippen LogP contribution in [-0.4, -0.2) is 23.0 Å². The molecule has 0 fully saturated rings. The van der Waals surface area contributed by atoms with E-state index in [2.05, 4.69) is 15.3 Å². The van der Waals surface area contributed by atoms with Crippen LogP contribution in [0.1, 0.15) is 21.5 Å². The van der Waals surface area contributed by atoms with Crippen molar-refractivity contribution < 1.29 is 14.3 Å². The molecular weight excluding hydrogens is 402 g/mol. The third-order valence-corrected chi connectivity index (χ3v) is 4.91. The minimum Gasteiger partial charge on any atom is -0.497 e. The van der Waals surface area contributed by atoms with Crippen LogP contribution in [0.5, 0.6) is 17.5 Å². The number of aromatic nitrogens is 2. The van der Waals surface area contributed by atoms with Crippen LogP contribution in [-0.2, 0) is 6.54 Å². The monoisotopic (exact) mass is 425 g/mol. The van der Waals surface area contributed by atoms with Gasteiger partial charge in [0.15, 0.2) is 0 Å². The van der Waals surface area contributed by atoms with Crippen molar-refractivity contribution in [1.29, 1.82) is 0 Å². The molecule has 0 aliphatic rings. The summed E-state index contributed by atoms with van der Waals surface area (Å²) in [7, 11) is 1.60. The van der Waals surface area contributed by atoms with Gasteiger partial charge in [-0.3, -0.25) is 4.79 Å². The maximum absolute atomic E-state index is 12.6. The van der Waals surface area contributed by atoms with E-state index in [1.807, 2.05) is 61.5 Å². The van der Waals surface area contributed by atoms with Crippen LogP contribution < -0.4 is 14.8 Å². The molecule has 6 heteroatoms. The smallest absolute Gasteiger partial charge is 0.321 e. The van der Waals surface area contributed by atoms with E-state index in [4.69, 9.17) is 9.47 Å². The van der Waals surface area contributed by atoms with Crippen LogP contribution in [0, 0.1) is 6.92 Å². The number of ether oxygens (including phenoxy) is 2. The summed E-state index contributed by atoms with van der Waals surface area (Å²) in [6.45, 7) is 2.51. The Kier molecular flexibility index (Phi) is 6.41. The quantitative estimate of drug-likeness (QED) is 0.441. The number of nitrogens with one attached hydrogen (secondary N) is 1. The Labute approximate surface area is 186 Å². The number of nitrogens with zero attached hydrogens (tertiary/aromatic N) is 2. The molecule has 1 aromatic heterocycles. The van der Waals surface area contributed by atoms with Gasteiger partial charge in [0.2, 0.25) is 0 Å². The van der Waals surface area contributed by atoms with E-state index < -0.39 is 0 Å². The summed E-state index contributed by atoms with van der Waals surface area (Å²) in [5, 5.41) is 2.96. The van der Waals surface area contributed by atoms with Gasteiger partial charge in [-0.15, -0.1) is 0 Å². The van der Waals surface area contributed by atoms with Crippen LogP contribution in [0.3, 0.4) is 0 Å². The second kappa shape index (κ2) is 9.75.